The lowest BCUT2D eigenvalue weighted by molar-refractivity contribution is 0.0987. The van der Waals surface area contributed by atoms with Gasteiger partial charge in [0.1, 0.15) is 23.4 Å². The van der Waals surface area contributed by atoms with Gasteiger partial charge in [-0.3, -0.25) is 4.79 Å². The summed E-state index contributed by atoms with van der Waals surface area (Å²) in [6.45, 7) is 4.16. The third kappa shape index (κ3) is 2.95. The molecule has 3 aromatic rings. The van der Waals surface area contributed by atoms with Crippen molar-refractivity contribution in [3.63, 3.8) is 0 Å². The zero-order chi connectivity index (χ0) is 19.5. The Morgan fingerprint density at radius 1 is 1.24 bits per heavy atom. The summed E-state index contributed by atoms with van der Waals surface area (Å²) >= 11 is 0. The lowest BCUT2D eigenvalue weighted by Gasteiger charge is -2.10. The lowest BCUT2D eigenvalue weighted by Crippen LogP contribution is -2.08. The molecule has 3 fully saturated rings. The predicted molar refractivity (Wildman–Crippen MR) is 103 cm³/mol. The molecule has 7 heteroatoms. The molecular weight excluding hydrogens is 370 g/mol. The maximum atomic E-state index is 12.8. The third-order valence-corrected chi connectivity index (χ3v) is 6.33. The first-order valence-electron chi connectivity index (χ1n) is 10.4. The van der Waals surface area contributed by atoms with Gasteiger partial charge in [0, 0.05) is 42.3 Å². The molecule has 2 saturated carbocycles. The average Bonchev–Trinajstić information content (AvgIpc) is 3.47. The van der Waals surface area contributed by atoms with Crippen LogP contribution >= 0.6 is 0 Å². The van der Waals surface area contributed by atoms with E-state index in [4.69, 9.17) is 18.9 Å². The van der Waals surface area contributed by atoms with E-state index in [1.807, 2.05) is 23.6 Å². The molecule has 29 heavy (non-hydrogen) atoms. The highest BCUT2D eigenvalue weighted by Crippen LogP contribution is 2.57. The second kappa shape index (κ2) is 6.42. The number of nitrogens with zero attached hydrogens (tertiary/aromatic N) is 3. The molecule has 2 aliphatic carbocycles. The van der Waals surface area contributed by atoms with Crippen molar-refractivity contribution in [3.8, 4) is 5.75 Å². The van der Waals surface area contributed by atoms with Gasteiger partial charge in [0.15, 0.2) is 11.7 Å². The Morgan fingerprint density at radius 3 is 2.83 bits per heavy atom. The van der Waals surface area contributed by atoms with E-state index in [1.54, 1.807) is 0 Å². The zero-order valence-corrected chi connectivity index (χ0v) is 16.3. The number of carbonyl (C=O) groups excluding carboxylic acids is 1. The van der Waals surface area contributed by atoms with Crippen LogP contribution in [-0.4, -0.2) is 40.0 Å². The summed E-state index contributed by atoms with van der Waals surface area (Å²) in [6, 6.07) is 1.93. The molecule has 150 valence electrons. The molecule has 1 aliphatic heterocycles. The highest BCUT2D eigenvalue weighted by Gasteiger charge is 2.55. The van der Waals surface area contributed by atoms with Crippen LogP contribution in [0, 0.1) is 11.8 Å². The van der Waals surface area contributed by atoms with E-state index in [0.29, 0.717) is 47.6 Å². The lowest BCUT2D eigenvalue weighted by atomic mass is 10.1. The molecular formula is C22H23N3O4. The number of rotatable bonds is 7. The highest BCUT2D eigenvalue weighted by atomic mass is 16.5. The Labute approximate surface area is 168 Å². The summed E-state index contributed by atoms with van der Waals surface area (Å²) in [7, 11) is 0. The van der Waals surface area contributed by atoms with E-state index in [1.165, 1.54) is 6.26 Å². The number of ether oxygens (including phenoxy) is 2. The smallest absolute Gasteiger partial charge is 0.197 e. The summed E-state index contributed by atoms with van der Waals surface area (Å²) in [5.41, 5.74) is 3.19. The number of hydrogen-bond donors (Lipinski definition) is 0. The van der Waals surface area contributed by atoms with Crippen LogP contribution in [0.1, 0.15) is 59.2 Å². The van der Waals surface area contributed by atoms with E-state index in [0.717, 1.165) is 43.0 Å². The first kappa shape index (κ1) is 17.2. The number of imidazole rings is 1. The minimum absolute atomic E-state index is 0.0600. The Bertz CT molecular complexity index is 1090. The maximum absolute atomic E-state index is 12.8. The van der Waals surface area contributed by atoms with Crippen molar-refractivity contribution in [2.45, 2.75) is 38.0 Å². The van der Waals surface area contributed by atoms with Crippen molar-refractivity contribution in [2.75, 3.05) is 19.8 Å². The van der Waals surface area contributed by atoms with Gasteiger partial charge >= 0.3 is 0 Å². The molecule has 6 rings (SSSR count). The summed E-state index contributed by atoms with van der Waals surface area (Å²) < 4.78 is 18.8. The maximum Gasteiger partial charge on any atom is 0.197 e. The zero-order valence-electron chi connectivity index (χ0n) is 16.3. The van der Waals surface area contributed by atoms with Crippen molar-refractivity contribution in [1.29, 1.82) is 0 Å². The molecule has 0 bridgehead atoms. The summed E-state index contributed by atoms with van der Waals surface area (Å²) in [6.07, 6.45) is 7.94. The van der Waals surface area contributed by atoms with Gasteiger partial charge in [0.05, 0.1) is 25.5 Å². The number of Topliss-reactive ketones (excluding diaryl/α,β-unsaturated/α-hetero) is 1. The molecule has 2 atom stereocenters. The van der Waals surface area contributed by atoms with Gasteiger partial charge in [0.2, 0.25) is 0 Å². The van der Waals surface area contributed by atoms with Gasteiger partial charge in [0.25, 0.3) is 0 Å². The van der Waals surface area contributed by atoms with Gasteiger partial charge in [-0.05, 0) is 31.6 Å². The molecule has 4 heterocycles. The van der Waals surface area contributed by atoms with Crippen LogP contribution < -0.4 is 4.74 Å². The van der Waals surface area contributed by atoms with Crippen LogP contribution in [0.4, 0.5) is 0 Å². The van der Waals surface area contributed by atoms with Crippen molar-refractivity contribution in [1.82, 2.24) is 14.4 Å². The SMILES string of the molecule is CCOc1cc2nc(C3C4COCC43)cn2cc1CC(=O)c1coc(C2CC2)n1. The van der Waals surface area contributed by atoms with Crippen LogP contribution in [0.2, 0.25) is 0 Å². The van der Waals surface area contributed by atoms with Crippen LogP contribution in [0.3, 0.4) is 0 Å². The molecule has 3 aliphatic rings. The van der Waals surface area contributed by atoms with Gasteiger partial charge in [-0.2, -0.15) is 0 Å². The standard InChI is InChI=1S/C22H23N3O4/c1-2-28-19-6-20-23-16(21-14-9-27-10-15(14)21)8-25(20)7-13(19)5-18(26)17-11-29-22(24-17)12-3-4-12/h6-8,11-12,14-15,21H,2-5,9-10H2,1H3. The number of hydrogen-bond acceptors (Lipinski definition) is 6. The molecule has 0 amide bonds. The molecule has 0 radical (unpaired) electrons. The first-order chi connectivity index (χ1) is 14.2. The monoisotopic (exact) mass is 393 g/mol. The Morgan fingerprint density at radius 2 is 2.07 bits per heavy atom. The van der Waals surface area contributed by atoms with Crippen LogP contribution in [0.25, 0.3) is 5.65 Å². The van der Waals surface area contributed by atoms with Crippen molar-refractivity contribution < 1.29 is 18.7 Å². The van der Waals surface area contributed by atoms with Gasteiger partial charge in [-0.15, -0.1) is 0 Å². The predicted octanol–water partition coefficient (Wildman–Crippen LogP) is 3.38. The topological polar surface area (TPSA) is 78.9 Å². The number of aromatic nitrogens is 3. The van der Waals surface area contributed by atoms with E-state index in [-0.39, 0.29) is 12.2 Å². The summed E-state index contributed by atoms with van der Waals surface area (Å²) in [4.78, 5) is 22.0. The van der Waals surface area contributed by atoms with Crippen LogP contribution in [-0.2, 0) is 11.2 Å². The normalized spacial score (nSPS) is 25.3. The van der Waals surface area contributed by atoms with E-state index in [2.05, 4.69) is 11.2 Å². The molecule has 1 saturated heterocycles. The van der Waals surface area contributed by atoms with Crippen molar-refractivity contribution >= 4 is 11.4 Å². The number of oxazole rings is 1. The third-order valence-electron chi connectivity index (χ3n) is 6.33. The van der Waals surface area contributed by atoms with Gasteiger partial charge in [-0.25, -0.2) is 9.97 Å². The minimum Gasteiger partial charge on any atom is -0.493 e. The van der Waals surface area contributed by atoms with Gasteiger partial charge in [-0.1, -0.05) is 0 Å². The quantitative estimate of drug-likeness (QED) is 0.573. The molecule has 3 aromatic heterocycles. The Hall–Kier alpha value is -2.67. The number of carbonyl (C=O) groups is 1. The minimum atomic E-state index is -0.0600. The van der Waals surface area contributed by atoms with Gasteiger partial charge < -0.3 is 18.3 Å². The molecule has 0 spiro atoms. The van der Waals surface area contributed by atoms with E-state index < -0.39 is 0 Å². The first-order valence-corrected chi connectivity index (χ1v) is 10.4. The fourth-order valence-corrected chi connectivity index (χ4v) is 4.54. The number of pyridine rings is 1. The fourth-order valence-electron chi connectivity index (χ4n) is 4.54. The molecule has 7 nitrogen and oxygen atoms in total. The highest BCUT2D eigenvalue weighted by molar-refractivity contribution is 5.95. The largest absolute Gasteiger partial charge is 0.493 e. The van der Waals surface area contributed by atoms with Crippen molar-refractivity contribution in [2.24, 2.45) is 11.8 Å². The Kier molecular flexibility index (Phi) is 3.81. The van der Waals surface area contributed by atoms with Crippen LogP contribution in [0.5, 0.6) is 5.75 Å². The molecule has 0 N–H and O–H groups in total. The summed E-state index contributed by atoms with van der Waals surface area (Å²) in [5.74, 6) is 3.45. The average molecular weight is 393 g/mol. The second-order valence-electron chi connectivity index (χ2n) is 8.36. The van der Waals surface area contributed by atoms with E-state index in [9.17, 15) is 4.79 Å². The fraction of sp³-hybridized carbons (Fsp3) is 0.500. The second-order valence-corrected chi connectivity index (χ2v) is 8.36. The summed E-state index contributed by atoms with van der Waals surface area (Å²) in [5, 5.41) is 0. The van der Waals surface area contributed by atoms with Crippen LogP contribution in [0.15, 0.2) is 29.1 Å². The number of ketones is 1. The van der Waals surface area contributed by atoms with Crippen molar-refractivity contribution in [3.05, 3.63) is 47.6 Å². The Balaban J connectivity index is 1.29. The molecule has 2 unspecified atom stereocenters. The van der Waals surface area contributed by atoms with E-state index >= 15 is 0 Å². The molecule has 0 aromatic carbocycles. The number of fused-ring (bicyclic) bond motifs is 2.